The second-order valence-electron chi connectivity index (χ2n) is 13.6. The Morgan fingerprint density at radius 3 is 2.30 bits per heavy atom. The molecular formula is C40H44N4O6. The summed E-state index contributed by atoms with van der Waals surface area (Å²) in [4.78, 5) is 31.3. The minimum absolute atomic E-state index is 0.0514. The summed E-state index contributed by atoms with van der Waals surface area (Å²) in [5, 5.41) is 29.8. The number of aryl methyl sites for hydroxylation is 2. The van der Waals surface area contributed by atoms with Crippen LogP contribution >= 0.6 is 0 Å². The number of H-pyrrole nitrogens is 2. The number of carbonyl (C=O) groups is 1. The van der Waals surface area contributed by atoms with Crippen LogP contribution in [0.4, 0.5) is 0 Å². The van der Waals surface area contributed by atoms with E-state index in [2.05, 4.69) is 35.6 Å². The number of rotatable bonds is 10. The van der Waals surface area contributed by atoms with Crippen molar-refractivity contribution in [3.8, 4) is 0 Å². The molecule has 1 saturated heterocycles. The Balaban J connectivity index is 1.59. The molecule has 2 aromatic rings. The summed E-state index contributed by atoms with van der Waals surface area (Å²) in [6.07, 6.45) is 7.55. The molecule has 5 aliphatic rings. The third-order valence-corrected chi connectivity index (χ3v) is 10.9. The molecule has 0 amide bonds. The minimum atomic E-state index is -0.925. The van der Waals surface area contributed by atoms with Gasteiger partial charge in [0.15, 0.2) is 18.9 Å². The van der Waals surface area contributed by atoms with Gasteiger partial charge in [-0.1, -0.05) is 24.8 Å². The second-order valence-corrected chi connectivity index (χ2v) is 13.6. The van der Waals surface area contributed by atoms with Gasteiger partial charge in [0.05, 0.1) is 28.7 Å². The molecule has 6 heterocycles. The van der Waals surface area contributed by atoms with E-state index in [4.69, 9.17) is 19.4 Å². The molecule has 5 N–H and O–H groups in total. The number of fused-ring (bicyclic) bond motifs is 11. The molecule has 0 saturated carbocycles. The van der Waals surface area contributed by atoms with Gasteiger partial charge in [0.1, 0.15) is 6.61 Å². The lowest BCUT2D eigenvalue weighted by Crippen LogP contribution is -2.47. The summed E-state index contributed by atoms with van der Waals surface area (Å²) in [6.45, 7) is 11.9. The number of aliphatic hydroxyl groups excluding tert-OH is 3. The number of ether oxygens (including phenoxy) is 2. The molecule has 0 aromatic carbocycles. The smallest absolute Gasteiger partial charge is 0.186 e. The van der Waals surface area contributed by atoms with Gasteiger partial charge in [-0.2, -0.15) is 0 Å². The van der Waals surface area contributed by atoms with Gasteiger partial charge in [0.25, 0.3) is 0 Å². The molecule has 7 rings (SSSR count). The first kappa shape index (κ1) is 34.0. The summed E-state index contributed by atoms with van der Waals surface area (Å²) in [5.74, 6) is -1.11. The maximum atomic E-state index is 13.7. The lowest BCUT2D eigenvalue weighted by molar-refractivity contribution is -0.304. The third kappa shape index (κ3) is 5.43. The van der Waals surface area contributed by atoms with E-state index in [1.807, 2.05) is 51.1 Å². The Kier molecular flexibility index (Phi) is 9.08. The molecule has 10 nitrogen and oxygen atoms in total. The van der Waals surface area contributed by atoms with Gasteiger partial charge in [-0.25, -0.2) is 9.97 Å². The Bertz CT molecular complexity index is 2110. The van der Waals surface area contributed by atoms with E-state index < -0.39 is 24.2 Å². The fourth-order valence-corrected chi connectivity index (χ4v) is 8.03. The lowest BCUT2D eigenvalue weighted by atomic mass is 9.62. The normalized spacial score (nSPS) is 21.1. The minimum Gasteiger partial charge on any atom is -0.396 e. The number of Topliss-reactive ketones (excluding diaryl/α,β-unsaturated/α-hetero) is 1. The van der Waals surface area contributed by atoms with Crippen molar-refractivity contribution in [3.63, 3.8) is 0 Å². The molecule has 0 spiro atoms. The Labute approximate surface area is 291 Å². The summed E-state index contributed by atoms with van der Waals surface area (Å²) in [5.41, 5.74) is 13.2. The molecule has 0 radical (unpaired) electrons. The SMILES string of the molecule is C=CC1=C(C)c2cc3[nH]c(cc4nc(cc5[nH]c(cc1n2)c(C)c5CCCO)C(CCCO)=C4C)[C@@]1(C)C3=CC=C(C2OCO2)C1C(=O)CO. The quantitative estimate of drug-likeness (QED) is 0.209. The van der Waals surface area contributed by atoms with Gasteiger partial charge >= 0.3 is 0 Å². The van der Waals surface area contributed by atoms with Crippen molar-refractivity contribution in [2.45, 2.75) is 65.1 Å². The number of aliphatic hydroxyl groups is 3. The highest BCUT2D eigenvalue weighted by Gasteiger charge is 2.52. The number of aromatic nitrogens is 4. The van der Waals surface area contributed by atoms with Gasteiger partial charge in [-0.3, -0.25) is 4.79 Å². The molecule has 10 heteroatoms. The average molecular weight is 677 g/mol. The third-order valence-electron chi connectivity index (χ3n) is 10.9. The number of ketones is 1. The first-order valence-corrected chi connectivity index (χ1v) is 17.2. The van der Waals surface area contributed by atoms with Gasteiger partial charge in [-0.15, -0.1) is 0 Å². The zero-order chi connectivity index (χ0) is 35.3. The largest absolute Gasteiger partial charge is 0.396 e. The van der Waals surface area contributed by atoms with Crippen LogP contribution in [0, 0.1) is 12.8 Å². The van der Waals surface area contributed by atoms with Crippen LogP contribution in [-0.2, 0) is 26.1 Å². The van der Waals surface area contributed by atoms with Crippen molar-refractivity contribution in [2.24, 2.45) is 5.92 Å². The highest BCUT2D eigenvalue weighted by molar-refractivity contribution is 5.98. The predicted octanol–water partition coefficient (Wildman–Crippen LogP) is 5.88. The second kappa shape index (κ2) is 13.4. The van der Waals surface area contributed by atoms with E-state index in [1.165, 1.54) is 0 Å². The molecule has 1 aliphatic carbocycles. The number of hydrogen-bond donors (Lipinski definition) is 5. The van der Waals surface area contributed by atoms with Gasteiger partial charge < -0.3 is 34.8 Å². The van der Waals surface area contributed by atoms with Gasteiger partial charge in [0.2, 0.25) is 0 Å². The Hall–Kier alpha value is -4.45. The molecule has 1 unspecified atom stereocenters. The van der Waals surface area contributed by atoms with Gasteiger partial charge in [0, 0.05) is 46.6 Å². The fourth-order valence-electron chi connectivity index (χ4n) is 8.03. The molecule has 50 heavy (non-hydrogen) atoms. The van der Waals surface area contributed by atoms with Crippen molar-refractivity contribution < 1.29 is 29.6 Å². The highest BCUT2D eigenvalue weighted by Crippen LogP contribution is 2.53. The molecule has 4 aliphatic heterocycles. The first-order chi connectivity index (χ1) is 24.1. The monoisotopic (exact) mass is 676 g/mol. The number of allylic oxidation sites excluding steroid dienone is 8. The molecule has 2 aromatic heterocycles. The summed E-state index contributed by atoms with van der Waals surface area (Å²) < 4.78 is 11.4. The van der Waals surface area contributed by atoms with Crippen LogP contribution in [-0.4, -0.2) is 73.9 Å². The van der Waals surface area contributed by atoms with Gasteiger partial charge in [-0.05, 0) is 117 Å². The maximum absolute atomic E-state index is 13.7. The highest BCUT2D eigenvalue weighted by atomic mass is 16.8. The van der Waals surface area contributed by atoms with E-state index >= 15 is 0 Å². The standard InChI is InChI=1S/C40H44N4O6/c1-6-24-21(2)30-16-35-28-12-11-27(39-49-20-50-39)38(36(48)19-47)40(28,5)37(44-35)18-31-23(4)26(10-8-14-46)34(43-31)17-33-25(9-7-13-45)22(3)29(42-33)15-32(24)41-30/h6,11-12,15-18,38-39,42,44-47H,1,7-10,13-14,19-20H2,2-5H3/t38?,40-/m1/s1. The number of nitrogens with zero attached hydrogens (tertiary/aromatic N) is 2. The molecule has 1 fully saturated rings. The van der Waals surface area contributed by atoms with E-state index in [9.17, 15) is 20.1 Å². The first-order valence-electron chi connectivity index (χ1n) is 17.2. The number of hydrogen-bond acceptors (Lipinski definition) is 8. The molecule has 2 atom stereocenters. The maximum Gasteiger partial charge on any atom is 0.186 e. The van der Waals surface area contributed by atoms with Crippen molar-refractivity contribution in [1.82, 2.24) is 19.9 Å². The van der Waals surface area contributed by atoms with Crippen LogP contribution in [0.25, 0.3) is 38.9 Å². The predicted molar refractivity (Wildman–Crippen MR) is 194 cm³/mol. The molecule has 8 bridgehead atoms. The van der Waals surface area contributed by atoms with E-state index in [0.717, 1.165) is 84.2 Å². The summed E-state index contributed by atoms with van der Waals surface area (Å²) in [7, 11) is 0. The molecule has 260 valence electrons. The van der Waals surface area contributed by atoms with Crippen molar-refractivity contribution >= 4 is 44.7 Å². The van der Waals surface area contributed by atoms with E-state index in [-0.39, 0.29) is 25.8 Å². The number of aromatic amines is 2. The lowest BCUT2D eigenvalue weighted by Gasteiger charge is -2.42. The topological polar surface area (TPSA) is 154 Å². The van der Waals surface area contributed by atoms with Crippen molar-refractivity contribution in [3.05, 3.63) is 99.9 Å². The van der Waals surface area contributed by atoms with Crippen LogP contribution in [0.2, 0.25) is 0 Å². The summed E-state index contributed by atoms with van der Waals surface area (Å²) >= 11 is 0. The average Bonchev–Trinajstić information content (AvgIpc) is 3.73. The number of carbonyl (C=O) groups excluding carboxylic acids is 1. The van der Waals surface area contributed by atoms with Crippen LogP contribution in [0.5, 0.6) is 0 Å². The van der Waals surface area contributed by atoms with Crippen LogP contribution < -0.4 is 0 Å². The summed E-state index contributed by atoms with van der Waals surface area (Å²) in [6, 6.07) is 8.15. The molecular weight excluding hydrogens is 632 g/mol. The zero-order valence-corrected chi connectivity index (χ0v) is 29.0. The zero-order valence-electron chi connectivity index (χ0n) is 29.0. The van der Waals surface area contributed by atoms with Crippen LogP contribution in [0.15, 0.2) is 54.6 Å². The van der Waals surface area contributed by atoms with Crippen molar-refractivity contribution in [2.75, 3.05) is 26.6 Å². The van der Waals surface area contributed by atoms with E-state index in [0.29, 0.717) is 31.3 Å². The Morgan fingerprint density at radius 1 is 0.920 bits per heavy atom. The van der Waals surface area contributed by atoms with Crippen molar-refractivity contribution in [1.29, 1.82) is 0 Å². The van der Waals surface area contributed by atoms with E-state index in [1.54, 1.807) is 0 Å². The van der Waals surface area contributed by atoms with Crippen LogP contribution in [0.1, 0.15) is 85.3 Å². The Morgan fingerprint density at radius 2 is 1.62 bits per heavy atom. The fraction of sp³-hybridized carbons (Fsp3) is 0.375. The van der Waals surface area contributed by atoms with Crippen LogP contribution in [0.3, 0.4) is 0 Å². The number of nitrogens with one attached hydrogen (secondary N) is 2.